The third-order valence-corrected chi connectivity index (χ3v) is 3.85. The molecule has 0 fully saturated rings. The van der Waals surface area contributed by atoms with Crippen molar-refractivity contribution in [3.8, 4) is 5.75 Å². The fourth-order valence-electron chi connectivity index (χ4n) is 2.36. The molecule has 0 aliphatic carbocycles. The topological polar surface area (TPSA) is 64.3 Å². The van der Waals surface area contributed by atoms with Crippen molar-refractivity contribution in [2.45, 2.75) is 19.1 Å². The number of benzene rings is 2. The van der Waals surface area contributed by atoms with E-state index in [0.29, 0.717) is 22.0 Å². The molecule has 2 aromatic carbocycles. The molecule has 2 unspecified atom stereocenters. The molecule has 0 spiro atoms. The minimum atomic E-state index is -0.668. The normalized spacial score (nSPS) is 18.0. The first-order valence-electron chi connectivity index (χ1n) is 6.68. The van der Waals surface area contributed by atoms with Crippen molar-refractivity contribution in [3.63, 3.8) is 0 Å². The molecule has 0 radical (unpaired) electrons. The van der Waals surface area contributed by atoms with Crippen molar-refractivity contribution in [1.82, 2.24) is 0 Å². The second kappa shape index (κ2) is 5.39. The highest BCUT2D eigenvalue weighted by Gasteiger charge is 2.28. The standard InChI is InChI=1S/C16H15ClN2O2/c1-9(10-5-3-2-4-6-10)21-14-8-13-11(7-12(14)17)15(18)16(20)19-13/h2-9,15H,18H2,1H3,(H,19,20). The fourth-order valence-corrected chi connectivity index (χ4v) is 2.58. The smallest absolute Gasteiger partial charge is 0.245 e. The van der Waals surface area contributed by atoms with Gasteiger partial charge in [-0.15, -0.1) is 0 Å². The van der Waals surface area contributed by atoms with Crippen LogP contribution < -0.4 is 15.8 Å². The molecule has 3 rings (SSSR count). The average molecular weight is 303 g/mol. The summed E-state index contributed by atoms with van der Waals surface area (Å²) in [6.45, 7) is 1.95. The first-order chi connectivity index (χ1) is 10.1. The van der Waals surface area contributed by atoms with E-state index in [1.165, 1.54) is 0 Å². The Bertz CT molecular complexity index is 688. The maximum absolute atomic E-state index is 11.6. The first-order valence-corrected chi connectivity index (χ1v) is 7.05. The summed E-state index contributed by atoms with van der Waals surface area (Å²) in [5.41, 5.74) is 8.20. The number of carbonyl (C=O) groups excluding carboxylic acids is 1. The third kappa shape index (κ3) is 2.60. The quantitative estimate of drug-likeness (QED) is 0.913. The van der Waals surface area contributed by atoms with E-state index in [1.54, 1.807) is 12.1 Å². The van der Waals surface area contributed by atoms with Gasteiger partial charge in [0.05, 0.1) is 5.02 Å². The van der Waals surface area contributed by atoms with Gasteiger partial charge in [-0.25, -0.2) is 0 Å². The zero-order chi connectivity index (χ0) is 15.0. The van der Waals surface area contributed by atoms with Gasteiger partial charge in [-0.05, 0) is 18.6 Å². The molecule has 5 heteroatoms. The molecule has 3 N–H and O–H groups in total. The highest BCUT2D eigenvalue weighted by atomic mass is 35.5. The van der Waals surface area contributed by atoms with Crippen molar-refractivity contribution >= 4 is 23.2 Å². The highest BCUT2D eigenvalue weighted by Crippen LogP contribution is 2.39. The van der Waals surface area contributed by atoms with E-state index in [1.807, 2.05) is 37.3 Å². The van der Waals surface area contributed by atoms with E-state index in [0.717, 1.165) is 5.56 Å². The Kier molecular flexibility index (Phi) is 3.57. The predicted octanol–water partition coefficient (Wildman–Crippen LogP) is 3.43. The van der Waals surface area contributed by atoms with Crippen molar-refractivity contribution in [3.05, 3.63) is 58.6 Å². The molecule has 1 aliphatic rings. The lowest BCUT2D eigenvalue weighted by atomic mass is 10.1. The van der Waals surface area contributed by atoms with Crippen molar-refractivity contribution < 1.29 is 9.53 Å². The van der Waals surface area contributed by atoms with Gasteiger partial charge in [-0.3, -0.25) is 4.79 Å². The van der Waals surface area contributed by atoms with Crippen LogP contribution in [-0.2, 0) is 4.79 Å². The van der Waals surface area contributed by atoms with Crippen LogP contribution in [0.4, 0.5) is 5.69 Å². The maximum atomic E-state index is 11.6. The van der Waals surface area contributed by atoms with Gasteiger partial charge >= 0.3 is 0 Å². The van der Waals surface area contributed by atoms with Gasteiger partial charge in [0.15, 0.2) is 0 Å². The molecule has 1 heterocycles. The van der Waals surface area contributed by atoms with E-state index in [9.17, 15) is 4.79 Å². The number of halogens is 1. The van der Waals surface area contributed by atoms with Crippen LogP contribution in [0.25, 0.3) is 0 Å². The molecule has 108 valence electrons. The van der Waals surface area contributed by atoms with Gasteiger partial charge in [-0.2, -0.15) is 0 Å². The Labute approximate surface area is 127 Å². The summed E-state index contributed by atoms with van der Waals surface area (Å²) >= 11 is 6.23. The largest absolute Gasteiger partial charge is 0.484 e. The molecular weight excluding hydrogens is 288 g/mol. The first kappa shape index (κ1) is 13.9. The summed E-state index contributed by atoms with van der Waals surface area (Å²) in [7, 11) is 0. The van der Waals surface area contributed by atoms with Crippen LogP contribution in [0.3, 0.4) is 0 Å². The molecule has 2 aromatic rings. The number of amides is 1. The zero-order valence-corrected chi connectivity index (χ0v) is 12.2. The molecule has 1 aliphatic heterocycles. The fraction of sp³-hybridized carbons (Fsp3) is 0.188. The van der Waals surface area contributed by atoms with Crippen LogP contribution >= 0.6 is 11.6 Å². The Morgan fingerprint density at radius 3 is 2.71 bits per heavy atom. The lowest BCUT2D eigenvalue weighted by Crippen LogP contribution is -2.19. The summed E-state index contributed by atoms with van der Waals surface area (Å²) in [6, 6.07) is 12.6. The Balaban J connectivity index is 1.87. The van der Waals surface area contributed by atoms with Crippen molar-refractivity contribution in [2.24, 2.45) is 5.73 Å². The molecule has 21 heavy (non-hydrogen) atoms. The Hall–Kier alpha value is -2.04. The summed E-state index contributed by atoms with van der Waals surface area (Å²) in [5, 5.41) is 3.17. The van der Waals surface area contributed by atoms with Crippen LogP contribution in [0.1, 0.15) is 30.2 Å². The van der Waals surface area contributed by atoms with Crippen LogP contribution in [0.15, 0.2) is 42.5 Å². The number of nitrogens with two attached hydrogens (primary N) is 1. The molecule has 0 bridgehead atoms. The molecular formula is C16H15ClN2O2. The van der Waals surface area contributed by atoms with Crippen molar-refractivity contribution in [2.75, 3.05) is 5.32 Å². The summed E-state index contributed by atoms with van der Waals surface area (Å²) in [4.78, 5) is 11.6. The highest BCUT2D eigenvalue weighted by molar-refractivity contribution is 6.32. The SMILES string of the molecule is CC(Oc1cc2c(cc1Cl)C(N)C(=O)N2)c1ccccc1. The van der Waals surface area contributed by atoms with E-state index >= 15 is 0 Å². The Morgan fingerprint density at radius 1 is 1.29 bits per heavy atom. The predicted molar refractivity (Wildman–Crippen MR) is 82.5 cm³/mol. The zero-order valence-electron chi connectivity index (χ0n) is 11.5. The van der Waals surface area contributed by atoms with E-state index < -0.39 is 6.04 Å². The molecule has 0 saturated carbocycles. The molecule has 1 amide bonds. The number of carbonyl (C=O) groups is 1. The van der Waals surface area contributed by atoms with Crippen molar-refractivity contribution in [1.29, 1.82) is 0 Å². The van der Waals surface area contributed by atoms with Crippen LogP contribution in [0.5, 0.6) is 5.75 Å². The number of hydrogen-bond acceptors (Lipinski definition) is 3. The van der Waals surface area contributed by atoms with E-state index in [2.05, 4.69) is 5.32 Å². The number of anilines is 1. The molecule has 4 nitrogen and oxygen atoms in total. The second-order valence-electron chi connectivity index (χ2n) is 5.01. The third-order valence-electron chi connectivity index (χ3n) is 3.55. The van der Waals surface area contributed by atoms with Gasteiger partial charge in [-0.1, -0.05) is 41.9 Å². The van der Waals surface area contributed by atoms with Gasteiger partial charge in [0.25, 0.3) is 0 Å². The van der Waals surface area contributed by atoms with E-state index in [-0.39, 0.29) is 12.0 Å². The number of rotatable bonds is 3. The number of fused-ring (bicyclic) bond motifs is 1. The number of hydrogen-bond donors (Lipinski definition) is 2. The minimum absolute atomic E-state index is 0.146. The number of ether oxygens (including phenoxy) is 1. The number of nitrogens with one attached hydrogen (secondary N) is 1. The van der Waals surface area contributed by atoms with Gasteiger partial charge in [0.1, 0.15) is 17.9 Å². The van der Waals surface area contributed by atoms with Crippen LogP contribution in [-0.4, -0.2) is 5.91 Å². The maximum Gasteiger partial charge on any atom is 0.245 e. The summed E-state index contributed by atoms with van der Waals surface area (Å²) in [5.74, 6) is 0.301. The second-order valence-corrected chi connectivity index (χ2v) is 5.41. The van der Waals surface area contributed by atoms with Gasteiger partial charge < -0.3 is 15.8 Å². The lowest BCUT2D eigenvalue weighted by Gasteiger charge is -2.17. The average Bonchev–Trinajstić information content (AvgIpc) is 2.75. The van der Waals surface area contributed by atoms with Gasteiger partial charge in [0, 0.05) is 17.3 Å². The monoisotopic (exact) mass is 302 g/mol. The Morgan fingerprint density at radius 2 is 2.00 bits per heavy atom. The van der Waals surface area contributed by atoms with Gasteiger partial charge in [0.2, 0.25) is 5.91 Å². The van der Waals surface area contributed by atoms with Crippen LogP contribution in [0.2, 0.25) is 5.02 Å². The van der Waals surface area contributed by atoms with E-state index in [4.69, 9.17) is 22.1 Å². The molecule has 0 aromatic heterocycles. The summed E-state index contributed by atoms with van der Waals surface area (Å²) < 4.78 is 5.90. The minimum Gasteiger partial charge on any atom is -0.484 e. The lowest BCUT2D eigenvalue weighted by molar-refractivity contribution is -0.116. The summed E-state index contributed by atoms with van der Waals surface area (Å²) in [6.07, 6.45) is -0.146. The van der Waals surface area contributed by atoms with Crippen LogP contribution in [0, 0.1) is 0 Å². The molecule has 0 saturated heterocycles. The molecule has 2 atom stereocenters.